The van der Waals surface area contributed by atoms with Crippen molar-refractivity contribution in [3.63, 3.8) is 0 Å². The van der Waals surface area contributed by atoms with Crippen molar-refractivity contribution in [2.24, 2.45) is 0 Å². The first kappa shape index (κ1) is 4.47. The third-order valence-electron chi connectivity index (χ3n) is 2.45. The van der Waals surface area contributed by atoms with Gasteiger partial charge < -0.3 is 9.47 Å². The third kappa shape index (κ3) is 0.373. The van der Waals surface area contributed by atoms with Crippen molar-refractivity contribution < 1.29 is 9.47 Å². The Morgan fingerprint density at radius 3 is 3.11 bits per heavy atom. The monoisotopic (exact) mass is 124 g/mol. The summed E-state index contributed by atoms with van der Waals surface area (Å²) < 4.78 is 10.7. The third-order valence-corrected chi connectivity index (χ3v) is 2.45. The van der Waals surface area contributed by atoms with Gasteiger partial charge in [0.25, 0.3) is 0 Å². The Morgan fingerprint density at radius 2 is 2.33 bits per heavy atom. The van der Waals surface area contributed by atoms with Crippen molar-refractivity contribution in [3.05, 3.63) is 12.2 Å². The zero-order chi connectivity index (χ0) is 6.06. The maximum Gasteiger partial charge on any atom is 0.125 e. The predicted molar refractivity (Wildman–Crippen MR) is 31.1 cm³/mol. The van der Waals surface area contributed by atoms with Gasteiger partial charge in [-0.2, -0.15) is 0 Å². The summed E-state index contributed by atoms with van der Waals surface area (Å²) in [7, 11) is 0. The number of ether oxygens (including phenoxy) is 2. The minimum absolute atomic E-state index is 0.0689. The van der Waals surface area contributed by atoms with Crippen molar-refractivity contribution in [2.45, 2.75) is 30.8 Å². The van der Waals surface area contributed by atoms with E-state index in [2.05, 4.69) is 19.1 Å². The van der Waals surface area contributed by atoms with Crippen LogP contribution in [0, 0.1) is 0 Å². The zero-order valence-electron chi connectivity index (χ0n) is 5.20. The highest BCUT2D eigenvalue weighted by molar-refractivity contribution is 5.29. The smallest absolute Gasteiger partial charge is 0.125 e. The molecular formula is C7H8O2. The van der Waals surface area contributed by atoms with E-state index in [-0.39, 0.29) is 5.60 Å². The second kappa shape index (κ2) is 0.976. The van der Waals surface area contributed by atoms with Crippen LogP contribution >= 0.6 is 0 Å². The van der Waals surface area contributed by atoms with E-state index in [1.807, 2.05) is 0 Å². The summed E-state index contributed by atoms with van der Waals surface area (Å²) in [5.74, 6) is 0. The highest BCUT2D eigenvalue weighted by Gasteiger charge is 2.68. The standard InChI is InChI=1S/C7H8O2/c1-7-5(9-7)3-2-4-6(7)8-4/h2-6H,1H3/t4-,5-,6-,7-/m0/s1. The average molecular weight is 124 g/mol. The van der Waals surface area contributed by atoms with E-state index in [4.69, 9.17) is 9.47 Å². The fourth-order valence-electron chi connectivity index (χ4n) is 1.64. The molecule has 0 spiro atoms. The molecule has 9 heavy (non-hydrogen) atoms. The van der Waals surface area contributed by atoms with Crippen LogP contribution in [-0.2, 0) is 9.47 Å². The molecule has 3 aliphatic rings. The first-order valence-electron chi connectivity index (χ1n) is 3.32. The van der Waals surface area contributed by atoms with Gasteiger partial charge in [0.1, 0.15) is 23.9 Å². The number of hydrogen-bond donors (Lipinski definition) is 0. The summed E-state index contributed by atoms with van der Waals surface area (Å²) >= 11 is 0. The molecule has 0 aromatic rings. The molecule has 2 fully saturated rings. The highest BCUT2D eigenvalue weighted by Crippen LogP contribution is 2.52. The van der Waals surface area contributed by atoms with Crippen molar-refractivity contribution in [1.29, 1.82) is 0 Å². The van der Waals surface area contributed by atoms with Gasteiger partial charge in [-0.1, -0.05) is 12.2 Å². The number of fused-ring (bicyclic) bond motifs is 3. The normalized spacial score (nSPS) is 66.6. The summed E-state index contributed by atoms with van der Waals surface area (Å²) in [5.41, 5.74) is 0.0689. The first-order valence-corrected chi connectivity index (χ1v) is 3.32. The van der Waals surface area contributed by atoms with Crippen molar-refractivity contribution in [2.75, 3.05) is 0 Å². The van der Waals surface area contributed by atoms with Gasteiger partial charge in [-0.15, -0.1) is 0 Å². The van der Waals surface area contributed by atoms with Gasteiger partial charge in [0.2, 0.25) is 0 Å². The van der Waals surface area contributed by atoms with Crippen LogP contribution in [0.25, 0.3) is 0 Å². The molecule has 2 nitrogen and oxygen atoms in total. The van der Waals surface area contributed by atoms with Crippen LogP contribution in [0.4, 0.5) is 0 Å². The fourth-order valence-corrected chi connectivity index (χ4v) is 1.64. The van der Waals surface area contributed by atoms with Crippen LogP contribution < -0.4 is 0 Å². The molecule has 0 saturated carbocycles. The van der Waals surface area contributed by atoms with E-state index in [0.717, 1.165) is 0 Å². The second-order valence-electron chi connectivity index (χ2n) is 3.13. The van der Waals surface area contributed by atoms with Gasteiger partial charge in [-0.3, -0.25) is 0 Å². The summed E-state index contributed by atoms with van der Waals surface area (Å²) in [6.45, 7) is 2.12. The van der Waals surface area contributed by atoms with Gasteiger partial charge >= 0.3 is 0 Å². The minimum Gasteiger partial charge on any atom is -0.362 e. The SMILES string of the molecule is C[C@]12O[C@H]1C=C[C@@H]1O[C@@H]12. The molecule has 1 aliphatic carbocycles. The van der Waals surface area contributed by atoms with Gasteiger partial charge in [0.05, 0.1) is 0 Å². The Morgan fingerprint density at radius 1 is 1.44 bits per heavy atom. The van der Waals surface area contributed by atoms with Gasteiger partial charge in [-0.05, 0) is 6.92 Å². The summed E-state index contributed by atoms with van der Waals surface area (Å²) in [5, 5.41) is 0. The van der Waals surface area contributed by atoms with E-state index in [1.165, 1.54) is 0 Å². The van der Waals surface area contributed by atoms with E-state index < -0.39 is 0 Å². The number of rotatable bonds is 0. The molecule has 0 radical (unpaired) electrons. The predicted octanol–water partition coefficient (Wildman–Crippen LogP) is 0.481. The van der Waals surface area contributed by atoms with Crippen LogP contribution in [0.5, 0.6) is 0 Å². The molecule has 0 N–H and O–H groups in total. The second-order valence-corrected chi connectivity index (χ2v) is 3.13. The van der Waals surface area contributed by atoms with E-state index >= 15 is 0 Å². The van der Waals surface area contributed by atoms with E-state index in [1.54, 1.807) is 0 Å². The van der Waals surface area contributed by atoms with E-state index in [9.17, 15) is 0 Å². The molecule has 48 valence electrons. The molecule has 0 aromatic heterocycles. The Kier molecular flexibility index (Phi) is 0.485. The Bertz CT molecular complexity index is 199. The van der Waals surface area contributed by atoms with Gasteiger partial charge in [0, 0.05) is 0 Å². The van der Waals surface area contributed by atoms with E-state index in [0.29, 0.717) is 18.3 Å². The molecule has 4 atom stereocenters. The summed E-state index contributed by atoms with van der Waals surface area (Å²) in [6.07, 6.45) is 5.33. The van der Waals surface area contributed by atoms with Crippen LogP contribution in [-0.4, -0.2) is 23.9 Å². The average Bonchev–Trinajstić information content (AvgIpc) is 2.52. The molecule has 0 unspecified atom stereocenters. The number of hydrogen-bond acceptors (Lipinski definition) is 2. The molecular weight excluding hydrogens is 116 g/mol. The van der Waals surface area contributed by atoms with Crippen LogP contribution in [0.2, 0.25) is 0 Å². The lowest BCUT2D eigenvalue weighted by Crippen LogP contribution is -2.21. The number of epoxide rings is 2. The lowest BCUT2D eigenvalue weighted by Gasteiger charge is -1.99. The van der Waals surface area contributed by atoms with Crippen molar-refractivity contribution in [3.8, 4) is 0 Å². The molecule has 2 heteroatoms. The molecule has 0 amide bonds. The van der Waals surface area contributed by atoms with Crippen LogP contribution in [0.1, 0.15) is 6.92 Å². The molecule has 2 heterocycles. The Hall–Kier alpha value is -0.340. The maximum atomic E-state index is 5.41. The fraction of sp³-hybridized carbons (Fsp3) is 0.714. The topological polar surface area (TPSA) is 25.1 Å². The lowest BCUT2D eigenvalue weighted by molar-refractivity contribution is 0.248. The van der Waals surface area contributed by atoms with Crippen LogP contribution in [0.15, 0.2) is 12.2 Å². The minimum atomic E-state index is 0.0689. The zero-order valence-corrected chi connectivity index (χ0v) is 5.20. The maximum absolute atomic E-state index is 5.41. The van der Waals surface area contributed by atoms with Gasteiger partial charge in [0.15, 0.2) is 0 Å². The Labute approximate surface area is 53.4 Å². The largest absolute Gasteiger partial charge is 0.362 e. The summed E-state index contributed by atoms with van der Waals surface area (Å²) in [4.78, 5) is 0. The Balaban J connectivity index is 2.06. The first-order chi connectivity index (χ1) is 4.31. The molecule has 2 saturated heterocycles. The molecule has 3 rings (SSSR count). The highest BCUT2D eigenvalue weighted by atomic mass is 16.7. The van der Waals surface area contributed by atoms with Crippen molar-refractivity contribution >= 4 is 0 Å². The van der Waals surface area contributed by atoms with Crippen LogP contribution in [0.3, 0.4) is 0 Å². The molecule has 0 aromatic carbocycles. The van der Waals surface area contributed by atoms with Gasteiger partial charge in [-0.25, -0.2) is 0 Å². The molecule has 0 bridgehead atoms. The quantitative estimate of drug-likeness (QED) is 0.346. The molecule has 2 aliphatic heterocycles. The van der Waals surface area contributed by atoms with Crippen molar-refractivity contribution in [1.82, 2.24) is 0 Å². The summed E-state index contributed by atoms with van der Waals surface area (Å²) in [6, 6.07) is 0. The lowest BCUT2D eigenvalue weighted by atomic mass is 9.96.